The summed E-state index contributed by atoms with van der Waals surface area (Å²) in [6, 6.07) is 2.26. The first-order chi connectivity index (χ1) is 8.20. The van der Waals surface area contributed by atoms with E-state index < -0.39 is 0 Å². The number of aromatic nitrogens is 2. The van der Waals surface area contributed by atoms with Crippen LogP contribution in [-0.2, 0) is 6.54 Å². The van der Waals surface area contributed by atoms with Gasteiger partial charge >= 0.3 is 0 Å². The van der Waals surface area contributed by atoms with Gasteiger partial charge in [0.05, 0.1) is 7.11 Å². The fourth-order valence-electron chi connectivity index (χ4n) is 1.48. The number of rotatable bonds is 4. The third-order valence-electron chi connectivity index (χ3n) is 2.73. The molecule has 0 radical (unpaired) electrons. The van der Waals surface area contributed by atoms with Crippen molar-refractivity contribution in [2.45, 2.75) is 25.4 Å². The second-order valence-electron chi connectivity index (χ2n) is 4.03. The summed E-state index contributed by atoms with van der Waals surface area (Å²) in [7, 11) is 3.54. The zero-order valence-corrected chi connectivity index (χ0v) is 10.1. The lowest BCUT2D eigenvalue weighted by molar-refractivity contribution is 0.394. The van der Waals surface area contributed by atoms with E-state index in [0.29, 0.717) is 30.3 Å². The fraction of sp³-hybridized carbons (Fsp3) is 0.545. The molecule has 17 heavy (non-hydrogen) atoms. The maximum Gasteiger partial charge on any atom is 0.216 e. The molecule has 0 aromatic carbocycles. The maximum absolute atomic E-state index is 5.87. The summed E-state index contributed by atoms with van der Waals surface area (Å²) >= 11 is 0. The van der Waals surface area contributed by atoms with Crippen molar-refractivity contribution in [1.82, 2.24) is 14.9 Å². The molecule has 1 saturated carbocycles. The predicted molar refractivity (Wildman–Crippen MR) is 64.7 cm³/mol. The molecule has 1 aromatic heterocycles. The van der Waals surface area contributed by atoms with Crippen molar-refractivity contribution in [3.05, 3.63) is 18.1 Å². The van der Waals surface area contributed by atoms with Crippen molar-refractivity contribution in [2.75, 3.05) is 14.2 Å². The molecule has 0 bridgehead atoms. The standard InChI is InChI=1S/C11H17N5O/c1-16(8-3-4-8)11(12)14-7-9-13-6-5-10(15-9)17-2/h5-6,8H,3-4,7H2,1-2H3,(H2,12,14). The van der Waals surface area contributed by atoms with Gasteiger partial charge in [-0.05, 0) is 12.8 Å². The highest BCUT2D eigenvalue weighted by atomic mass is 16.5. The number of nitrogens with two attached hydrogens (primary N) is 1. The molecule has 0 saturated heterocycles. The van der Waals surface area contributed by atoms with Crippen molar-refractivity contribution in [1.29, 1.82) is 0 Å². The minimum atomic E-state index is 0.375. The lowest BCUT2D eigenvalue weighted by Crippen LogP contribution is -2.35. The molecule has 2 N–H and O–H groups in total. The highest BCUT2D eigenvalue weighted by molar-refractivity contribution is 5.78. The Hall–Kier alpha value is -1.85. The largest absolute Gasteiger partial charge is 0.481 e. The van der Waals surface area contributed by atoms with Crippen LogP contribution in [0.3, 0.4) is 0 Å². The molecule has 92 valence electrons. The van der Waals surface area contributed by atoms with E-state index in [1.165, 1.54) is 12.8 Å². The van der Waals surface area contributed by atoms with Gasteiger partial charge in [-0.15, -0.1) is 0 Å². The van der Waals surface area contributed by atoms with E-state index in [0.717, 1.165) is 0 Å². The minimum Gasteiger partial charge on any atom is -0.481 e. The Balaban J connectivity index is 1.97. The average molecular weight is 235 g/mol. The SMILES string of the molecule is COc1ccnc(CN=C(N)N(C)C2CC2)n1. The monoisotopic (exact) mass is 235 g/mol. The molecule has 0 amide bonds. The molecule has 1 aliphatic rings. The zero-order valence-electron chi connectivity index (χ0n) is 10.1. The topological polar surface area (TPSA) is 76.6 Å². The summed E-state index contributed by atoms with van der Waals surface area (Å²) in [5.74, 6) is 1.69. The molecule has 6 nitrogen and oxygen atoms in total. The van der Waals surface area contributed by atoms with Gasteiger partial charge in [0.1, 0.15) is 6.54 Å². The Morgan fingerprint density at radius 2 is 2.41 bits per heavy atom. The minimum absolute atomic E-state index is 0.375. The quantitative estimate of drug-likeness (QED) is 0.603. The third kappa shape index (κ3) is 3.05. The van der Waals surface area contributed by atoms with Crippen LogP contribution in [0.2, 0.25) is 0 Å². The number of nitrogens with zero attached hydrogens (tertiary/aromatic N) is 4. The van der Waals surface area contributed by atoms with Gasteiger partial charge in [-0.25, -0.2) is 9.98 Å². The van der Waals surface area contributed by atoms with Gasteiger partial charge in [0.15, 0.2) is 11.8 Å². The molecule has 1 aromatic rings. The van der Waals surface area contributed by atoms with Crippen LogP contribution >= 0.6 is 0 Å². The van der Waals surface area contributed by atoms with E-state index in [-0.39, 0.29) is 0 Å². The van der Waals surface area contributed by atoms with Crippen molar-refractivity contribution >= 4 is 5.96 Å². The van der Waals surface area contributed by atoms with Gasteiger partial charge in [0.25, 0.3) is 0 Å². The number of guanidine groups is 1. The Morgan fingerprint density at radius 1 is 1.65 bits per heavy atom. The molecular formula is C11H17N5O. The number of aliphatic imine (C=N–C) groups is 1. The van der Waals surface area contributed by atoms with Gasteiger partial charge in [-0.1, -0.05) is 0 Å². The summed E-state index contributed by atoms with van der Waals surface area (Å²) in [6.07, 6.45) is 4.04. The van der Waals surface area contributed by atoms with Crippen LogP contribution in [0.5, 0.6) is 5.88 Å². The maximum atomic E-state index is 5.87. The third-order valence-corrected chi connectivity index (χ3v) is 2.73. The number of ether oxygens (including phenoxy) is 1. The lowest BCUT2D eigenvalue weighted by atomic mass is 10.5. The smallest absolute Gasteiger partial charge is 0.216 e. The Bertz CT molecular complexity index is 416. The summed E-state index contributed by atoms with van der Waals surface area (Å²) in [6.45, 7) is 0.375. The van der Waals surface area contributed by atoms with Crippen LogP contribution in [0.25, 0.3) is 0 Å². The number of hydrogen-bond donors (Lipinski definition) is 1. The Labute approximate surface area is 101 Å². The van der Waals surface area contributed by atoms with E-state index >= 15 is 0 Å². The molecule has 6 heteroatoms. The van der Waals surface area contributed by atoms with Crippen molar-refractivity contribution < 1.29 is 4.74 Å². The summed E-state index contributed by atoms with van der Waals surface area (Å²) in [5.41, 5.74) is 5.87. The van der Waals surface area contributed by atoms with E-state index in [9.17, 15) is 0 Å². The van der Waals surface area contributed by atoms with Crippen molar-refractivity contribution in [3.63, 3.8) is 0 Å². The van der Waals surface area contributed by atoms with Crippen LogP contribution in [0.15, 0.2) is 17.3 Å². The van der Waals surface area contributed by atoms with Crippen molar-refractivity contribution in [3.8, 4) is 5.88 Å². The first-order valence-electron chi connectivity index (χ1n) is 5.59. The normalized spacial score (nSPS) is 15.8. The van der Waals surface area contributed by atoms with Crippen LogP contribution < -0.4 is 10.5 Å². The van der Waals surface area contributed by atoms with E-state index in [4.69, 9.17) is 10.5 Å². The van der Waals surface area contributed by atoms with Crippen molar-refractivity contribution in [2.24, 2.45) is 10.7 Å². The fourth-order valence-corrected chi connectivity index (χ4v) is 1.48. The van der Waals surface area contributed by atoms with Gasteiger partial charge in [0, 0.05) is 25.4 Å². The molecule has 0 spiro atoms. The first-order valence-corrected chi connectivity index (χ1v) is 5.59. The van der Waals surface area contributed by atoms with Gasteiger partial charge in [-0.3, -0.25) is 0 Å². The lowest BCUT2D eigenvalue weighted by Gasteiger charge is -2.16. The van der Waals surface area contributed by atoms with E-state index in [1.807, 2.05) is 11.9 Å². The molecule has 0 atom stereocenters. The highest BCUT2D eigenvalue weighted by Crippen LogP contribution is 2.24. The van der Waals surface area contributed by atoms with Gasteiger partial charge in [0.2, 0.25) is 5.88 Å². The first kappa shape index (κ1) is 11.6. The summed E-state index contributed by atoms with van der Waals surface area (Å²) in [5, 5.41) is 0. The molecule has 0 unspecified atom stereocenters. The van der Waals surface area contributed by atoms with Gasteiger partial charge in [-0.2, -0.15) is 4.98 Å². The summed E-state index contributed by atoms with van der Waals surface area (Å²) in [4.78, 5) is 14.5. The molecule has 0 aliphatic heterocycles. The molecule has 1 heterocycles. The summed E-state index contributed by atoms with van der Waals surface area (Å²) < 4.78 is 5.02. The predicted octanol–water partition coefficient (Wildman–Crippen LogP) is 0.394. The van der Waals surface area contributed by atoms with Crippen LogP contribution in [0.4, 0.5) is 0 Å². The number of methoxy groups -OCH3 is 1. The Kier molecular flexibility index (Phi) is 3.41. The van der Waals surface area contributed by atoms with E-state index in [1.54, 1.807) is 19.4 Å². The number of hydrogen-bond acceptors (Lipinski definition) is 4. The zero-order chi connectivity index (χ0) is 12.3. The van der Waals surface area contributed by atoms with E-state index in [2.05, 4.69) is 15.0 Å². The Morgan fingerprint density at radius 3 is 3.06 bits per heavy atom. The molecule has 1 aliphatic carbocycles. The highest BCUT2D eigenvalue weighted by Gasteiger charge is 2.27. The molecular weight excluding hydrogens is 218 g/mol. The van der Waals surface area contributed by atoms with Crippen LogP contribution in [-0.4, -0.2) is 41.0 Å². The van der Waals surface area contributed by atoms with Crippen LogP contribution in [0.1, 0.15) is 18.7 Å². The second kappa shape index (κ2) is 4.99. The molecule has 1 fully saturated rings. The molecule has 2 rings (SSSR count). The van der Waals surface area contributed by atoms with Gasteiger partial charge < -0.3 is 15.4 Å². The average Bonchev–Trinajstić information content (AvgIpc) is 3.19. The van der Waals surface area contributed by atoms with Crippen LogP contribution in [0, 0.1) is 0 Å². The second-order valence-corrected chi connectivity index (χ2v) is 4.03.